The fraction of sp³-hybridized carbons (Fsp3) is 0.385. The second-order valence-corrected chi connectivity index (χ2v) is 7.95. The van der Waals surface area contributed by atoms with Gasteiger partial charge in [-0.25, -0.2) is 9.97 Å². The Kier molecular flexibility index (Phi) is 5.00. The molecule has 2 aromatic heterocycles. The molecule has 0 bridgehead atoms. The van der Waals surface area contributed by atoms with Gasteiger partial charge < -0.3 is 5.73 Å². The molecule has 6 heteroatoms. The number of nitrogens with zero attached hydrogens (tertiary/aromatic N) is 2. The second-order valence-electron chi connectivity index (χ2n) is 4.29. The van der Waals surface area contributed by atoms with Crippen LogP contribution in [-0.4, -0.2) is 16.5 Å². The van der Waals surface area contributed by atoms with Crippen LogP contribution in [-0.2, 0) is 0 Å². The lowest BCUT2D eigenvalue weighted by molar-refractivity contribution is 0.866. The largest absolute Gasteiger partial charge is 0.329 e. The fourth-order valence-corrected chi connectivity index (χ4v) is 4.28. The van der Waals surface area contributed by atoms with Crippen LogP contribution in [0.5, 0.6) is 0 Å². The summed E-state index contributed by atoms with van der Waals surface area (Å²) in [5.41, 5.74) is 9.12. The van der Waals surface area contributed by atoms with Crippen LogP contribution in [0.3, 0.4) is 0 Å². The Morgan fingerprint density at radius 2 is 1.89 bits per heavy atom. The second kappa shape index (κ2) is 6.35. The standard InChI is InChI=1S/C13H16BrN3S2/c1-7-8(2)16-13(17-9(7)3)19-11(6-15)10-4-5-12(14)18-10/h4-5,11H,6,15H2,1-3H3. The number of hydrogen-bond acceptors (Lipinski definition) is 5. The Bertz CT molecular complexity index is 560. The average molecular weight is 358 g/mol. The summed E-state index contributed by atoms with van der Waals surface area (Å²) in [6.07, 6.45) is 0. The number of aromatic nitrogens is 2. The van der Waals surface area contributed by atoms with Crippen molar-refractivity contribution in [3.05, 3.63) is 37.7 Å². The lowest BCUT2D eigenvalue weighted by atomic mass is 10.2. The van der Waals surface area contributed by atoms with E-state index in [1.165, 1.54) is 4.88 Å². The molecular formula is C13H16BrN3S2. The maximum atomic E-state index is 5.88. The van der Waals surface area contributed by atoms with E-state index in [0.29, 0.717) is 6.54 Å². The van der Waals surface area contributed by atoms with Crippen LogP contribution in [0.1, 0.15) is 27.1 Å². The SMILES string of the molecule is Cc1nc(SC(CN)c2ccc(Br)s2)nc(C)c1C. The number of thioether (sulfide) groups is 1. The lowest BCUT2D eigenvalue weighted by Gasteiger charge is -2.13. The van der Waals surface area contributed by atoms with Crippen LogP contribution in [0.2, 0.25) is 0 Å². The summed E-state index contributed by atoms with van der Waals surface area (Å²) in [5, 5.41) is 1.01. The normalized spacial score (nSPS) is 12.7. The van der Waals surface area contributed by atoms with Crippen LogP contribution in [0, 0.1) is 20.8 Å². The van der Waals surface area contributed by atoms with E-state index in [2.05, 4.69) is 45.0 Å². The predicted molar refractivity (Wildman–Crippen MR) is 85.9 cm³/mol. The third-order valence-corrected chi connectivity index (χ3v) is 6.00. The van der Waals surface area contributed by atoms with Crippen LogP contribution < -0.4 is 5.73 Å². The monoisotopic (exact) mass is 357 g/mol. The van der Waals surface area contributed by atoms with E-state index in [9.17, 15) is 0 Å². The van der Waals surface area contributed by atoms with E-state index in [4.69, 9.17) is 5.73 Å². The van der Waals surface area contributed by atoms with Gasteiger partial charge in [-0.3, -0.25) is 0 Å². The van der Waals surface area contributed by atoms with Crippen LogP contribution in [0.25, 0.3) is 0 Å². The highest BCUT2D eigenvalue weighted by Gasteiger charge is 2.16. The van der Waals surface area contributed by atoms with Crippen molar-refractivity contribution in [3.8, 4) is 0 Å². The Balaban J connectivity index is 2.23. The average Bonchev–Trinajstić information content (AvgIpc) is 2.79. The molecule has 0 radical (unpaired) electrons. The zero-order chi connectivity index (χ0) is 14.0. The molecule has 102 valence electrons. The van der Waals surface area contributed by atoms with E-state index in [1.807, 2.05) is 13.8 Å². The van der Waals surface area contributed by atoms with Gasteiger partial charge in [-0.05, 0) is 54.4 Å². The molecule has 1 atom stereocenters. The summed E-state index contributed by atoms with van der Waals surface area (Å²) in [4.78, 5) is 10.3. The van der Waals surface area contributed by atoms with Crippen molar-refractivity contribution in [1.29, 1.82) is 0 Å². The molecule has 0 aromatic carbocycles. The molecule has 19 heavy (non-hydrogen) atoms. The van der Waals surface area contributed by atoms with Gasteiger partial charge in [0.15, 0.2) is 5.16 Å². The molecule has 0 amide bonds. The molecule has 0 saturated heterocycles. The third-order valence-electron chi connectivity index (χ3n) is 2.99. The van der Waals surface area contributed by atoms with Crippen LogP contribution in [0.4, 0.5) is 0 Å². The van der Waals surface area contributed by atoms with Crippen molar-refractivity contribution in [2.24, 2.45) is 5.73 Å². The molecule has 2 heterocycles. The molecule has 2 aromatic rings. The first-order valence-electron chi connectivity index (χ1n) is 5.95. The lowest BCUT2D eigenvalue weighted by Crippen LogP contribution is -2.09. The molecule has 0 aliphatic heterocycles. The Hall–Kier alpha value is -0.430. The van der Waals surface area contributed by atoms with Gasteiger partial charge in [-0.1, -0.05) is 11.8 Å². The highest BCUT2D eigenvalue weighted by atomic mass is 79.9. The smallest absolute Gasteiger partial charge is 0.188 e. The predicted octanol–water partition coefficient (Wildman–Crippen LogP) is 4.02. The highest BCUT2D eigenvalue weighted by molar-refractivity contribution is 9.11. The van der Waals surface area contributed by atoms with Gasteiger partial charge in [0, 0.05) is 22.8 Å². The van der Waals surface area contributed by atoms with Gasteiger partial charge in [-0.2, -0.15) is 0 Å². The zero-order valence-corrected chi connectivity index (χ0v) is 14.3. The first-order valence-corrected chi connectivity index (χ1v) is 8.44. The van der Waals surface area contributed by atoms with Gasteiger partial charge in [0.25, 0.3) is 0 Å². The molecular weight excluding hydrogens is 342 g/mol. The summed E-state index contributed by atoms with van der Waals surface area (Å²) in [6, 6.07) is 4.16. The number of hydrogen-bond donors (Lipinski definition) is 1. The van der Waals surface area contributed by atoms with Crippen molar-refractivity contribution in [2.75, 3.05) is 6.54 Å². The molecule has 2 N–H and O–H groups in total. The molecule has 0 aliphatic carbocycles. The maximum absolute atomic E-state index is 5.88. The topological polar surface area (TPSA) is 51.8 Å². The number of thiophene rings is 1. The summed E-state index contributed by atoms with van der Waals surface area (Å²) in [7, 11) is 0. The first-order chi connectivity index (χ1) is 9.01. The fourth-order valence-electron chi connectivity index (χ4n) is 1.65. The Morgan fingerprint density at radius 3 is 2.37 bits per heavy atom. The van der Waals surface area contributed by atoms with Crippen molar-refractivity contribution in [3.63, 3.8) is 0 Å². The Labute approximate surface area is 130 Å². The third kappa shape index (κ3) is 3.56. The van der Waals surface area contributed by atoms with Crippen molar-refractivity contribution in [1.82, 2.24) is 9.97 Å². The van der Waals surface area contributed by atoms with E-state index in [-0.39, 0.29) is 5.25 Å². The quantitative estimate of drug-likeness (QED) is 0.663. The van der Waals surface area contributed by atoms with Crippen LogP contribution >= 0.6 is 39.0 Å². The number of aryl methyl sites for hydroxylation is 2. The first kappa shape index (κ1) is 15.0. The number of halogens is 1. The summed E-state index contributed by atoms with van der Waals surface area (Å²) in [6.45, 7) is 6.67. The van der Waals surface area contributed by atoms with Gasteiger partial charge in [0.2, 0.25) is 0 Å². The number of rotatable bonds is 4. The molecule has 0 fully saturated rings. The summed E-state index contributed by atoms with van der Waals surface area (Å²) in [5.74, 6) is 0. The van der Waals surface area contributed by atoms with E-state index >= 15 is 0 Å². The van der Waals surface area contributed by atoms with E-state index < -0.39 is 0 Å². The molecule has 0 aliphatic rings. The van der Waals surface area contributed by atoms with Gasteiger partial charge in [-0.15, -0.1) is 11.3 Å². The summed E-state index contributed by atoms with van der Waals surface area (Å²) >= 11 is 6.83. The minimum absolute atomic E-state index is 0.206. The van der Waals surface area contributed by atoms with Gasteiger partial charge in [0.05, 0.1) is 9.04 Å². The van der Waals surface area contributed by atoms with Crippen LogP contribution in [0.15, 0.2) is 21.1 Å². The molecule has 0 spiro atoms. The summed E-state index contributed by atoms with van der Waals surface area (Å²) < 4.78 is 1.12. The van der Waals surface area contributed by atoms with E-state index in [0.717, 1.165) is 25.9 Å². The minimum Gasteiger partial charge on any atom is -0.329 e. The van der Waals surface area contributed by atoms with Gasteiger partial charge >= 0.3 is 0 Å². The van der Waals surface area contributed by atoms with Gasteiger partial charge in [0.1, 0.15) is 0 Å². The Morgan fingerprint density at radius 1 is 1.26 bits per heavy atom. The maximum Gasteiger partial charge on any atom is 0.188 e. The van der Waals surface area contributed by atoms with Crippen molar-refractivity contribution >= 4 is 39.0 Å². The van der Waals surface area contributed by atoms with Crippen molar-refractivity contribution in [2.45, 2.75) is 31.2 Å². The van der Waals surface area contributed by atoms with E-state index in [1.54, 1.807) is 23.1 Å². The molecule has 2 rings (SSSR count). The molecule has 1 unspecified atom stereocenters. The highest BCUT2D eigenvalue weighted by Crippen LogP contribution is 2.37. The van der Waals surface area contributed by atoms with Crippen molar-refractivity contribution < 1.29 is 0 Å². The molecule has 0 saturated carbocycles. The zero-order valence-electron chi connectivity index (χ0n) is 11.1. The minimum atomic E-state index is 0.206. The molecule has 3 nitrogen and oxygen atoms in total. The number of nitrogens with two attached hydrogens (primary N) is 1.